The van der Waals surface area contributed by atoms with Crippen LogP contribution in [0.15, 0.2) is 0 Å². The monoisotopic (exact) mass is 185 g/mol. The lowest BCUT2D eigenvalue weighted by Gasteiger charge is -2.21. The molecular formula is C9H19N3O. The lowest BCUT2D eigenvalue weighted by molar-refractivity contribution is -0.122. The SMILES string of the molecule is CC(C(N)=O)N1CCC(CCN)C1. The van der Waals surface area contributed by atoms with Crippen molar-refractivity contribution < 1.29 is 4.79 Å². The van der Waals surface area contributed by atoms with Gasteiger partial charge in [0.1, 0.15) is 0 Å². The number of amides is 1. The van der Waals surface area contributed by atoms with E-state index >= 15 is 0 Å². The highest BCUT2D eigenvalue weighted by atomic mass is 16.1. The number of hydrogen-bond acceptors (Lipinski definition) is 3. The average molecular weight is 185 g/mol. The number of carbonyl (C=O) groups excluding carboxylic acids is 1. The van der Waals surface area contributed by atoms with E-state index in [0.29, 0.717) is 5.92 Å². The Morgan fingerprint density at radius 1 is 1.69 bits per heavy atom. The topological polar surface area (TPSA) is 72.4 Å². The van der Waals surface area contributed by atoms with Crippen molar-refractivity contribution >= 4 is 5.91 Å². The third kappa shape index (κ3) is 2.67. The molecule has 4 nitrogen and oxygen atoms in total. The Kier molecular flexibility index (Phi) is 3.69. The van der Waals surface area contributed by atoms with Crippen LogP contribution in [0.3, 0.4) is 0 Å². The van der Waals surface area contributed by atoms with Crippen LogP contribution in [0.4, 0.5) is 0 Å². The zero-order chi connectivity index (χ0) is 9.84. The maximum absolute atomic E-state index is 10.9. The fraction of sp³-hybridized carbons (Fsp3) is 0.889. The van der Waals surface area contributed by atoms with Crippen LogP contribution in [0.5, 0.6) is 0 Å². The van der Waals surface area contributed by atoms with Crippen LogP contribution in [-0.4, -0.2) is 36.5 Å². The summed E-state index contributed by atoms with van der Waals surface area (Å²) in [5.74, 6) is 0.431. The van der Waals surface area contributed by atoms with Crippen LogP contribution in [0.25, 0.3) is 0 Å². The van der Waals surface area contributed by atoms with Crippen molar-refractivity contribution in [2.24, 2.45) is 17.4 Å². The van der Waals surface area contributed by atoms with Gasteiger partial charge in [0.05, 0.1) is 6.04 Å². The van der Waals surface area contributed by atoms with Crippen molar-refractivity contribution in [3.05, 3.63) is 0 Å². The Balaban J connectivity index is 2.36. The smallest absolute Gasteiger partial charge is 0.234 e. The van der Waals surface area contributed by atoms with Gasteiger partial charge < -0.3 is 11.5 Å². The Morgan fingerprint density at radius 3 is 2.92 bits per heavy atom. The highest BCUT2D eigenvalue weighted by molar-refractivity contribution is 5.79. The summed E-state index contributed by atoms with van der Waals surface area (Å²) in [6.45, 7) is 4.56. The Morgan fingerprint density at radius 2 is 2.38 bits per heavy atom. The minimum atomic E-state index is -0.228. The molecule has 0 aromatic heterocycles. The molecule has 4 heteroatoms. The summed E-state index contributed by atoms with van der Waals surface area (Å²) in [6.07, 6.45) is 2.21. The molecule has 76 valence electrons. The molecule has 1 aliphatic rings. The van der Waals surface area contributed by atoms with E-state index in [1.165, 1.54) is 0 Å². The van der Waals surface area contributed by atoms with Crippen LogP contribution in [0.1, 0.15) is 19.8 Å². The third-order valence-corrected chi connectivity index (χ3v) is 2.85. The van der Waals surface area contributed by atoms with E-state index in [4.69, 9.17) is 11.5 Å². The van der Waals surface area contributed by atoms with Gasteiger partial charge in [0.2, 0.25) is 5.91 Å². The van der Waals surface area contributed by atoms with Gasteiger partial charge in [-0.1, -0.05) is 0 Å². The van der Waals surface area contributed by atoms with E-state index in [1.54, 1.807) is 0 Å². The second-order valence-corrected chi connectivity index (χ2v) is 3.81. The lowest BCUT2D eigenvalue weighted by atomic mass is 10.1. The Hall–Kier alpha value is -0.610. The van der Waals surface area contributed by atoms with Crippen molar-refractivity contribution in [3.8, 4) is 0 Å². The average Bonchev–Trinajstić information content (AvgIpc) is 2.52. The fourth-order valence-corrected chi connectivity index (χ4v) is 1.87. The summed E-state index contributed by atoms with van der Waals surface area (Å²) in [5, 5.41) is 0. The predicted molar refractivity (Wildman–Crippen MR) is 52.0 cm³/mol. The molecule has 4 N–H and O–H groups in total. The molecule has 1 aliphatic heterocycles. The number of carbonyl (C=O) groups is 1. The van der Waals surface area contributed by atoms with Gasteiger partial charge in [-0.05, 0) is 38.8 Å². The summed E-state index contributed by atoms with van der Waals surface area (Å²) in [6, 6.07) is -0.122. The molecule has 1 fully saturated rings. The van der Waals surface area contributed by atoms with Gasteiger partial charge >= 0.3 is 0 Å². The quantitative estimate of drug-likeness (QED) is 0.622. The summed E-state index contributed by atoms with van der Waals surface area (Å²) in [5.41, 5.74) is 10.7. The third-order valence-electron chi connectivity index (χ3n) is 2.85. The predicted octanol–water partition coefficient (Wildman–Crippen LogP) is -0.469. The summed E-state index contributed by atoms with van der Waals surface area (Å²) >= 11 is 0. The van der Waals surface area contributed by atoms with E-state index < -0.39 is 0 Å². The minimum Gasteiger partial charge on any atom is -0.368 e. The van der Waals surface area contributed by atoms with Gasteiger partial charge in [0, 0.05) is 6.54 Å². The number of primary amides is 1. The highest BCUT2D eigenvalue weighted by Crippen LogP contribution is 2.20. The second kappa shape index (κ2) is 4.58. The molecule has 0 bridgehead atoms. The van der Waals surface area contributed by atoms with Crippen molar-refractivity contribution in [2.45, 2.75) is 25.8 Å². The fourth-order valence-electron chi connectivity index (χ4n) is 1.87. The molecule has 0 aromatic carbocycles. The summed E-state index contributed by atoms with van der Waals surface area (Å²) < 4.78 is 0. The molecule has 1 saturated heterocycles. The number of nitrogens with zero attached hydrogens (tertiary/aromatic N) is 1. The largest absolute Gasteiger partial charge is 0.368 e. The molecule has 0 radical (unpaired) electrons. The maximum atomic E-state index is 10.9. The Bertz CT molecular complexity index is 184. The van der Waals surface area contributed by atoms with E-state index in [0.717, 1.165) is 32.5 Å². The van der Waals surface area contributed by atoms with Crippen LogP contribution in [0, 0.1) is 5.92 Å². The van der Waals surface area contributed by atoms with Crippen LogP contribution >= 0.6 is 0 Å². The molecule has 1 rings (SSSR count). The van der Waals surface area contributed by atoms with Gasteiger partial charge in [0.25, 0.3) is 0 Å². The highest BCUT2D eigenvalue weighted by Gasteiger charge is 2.27. The number of likely N-dealkylation sites (tertiary alicyclic amines) is 1. The number of nitrogens with two attached hydrogens (primary N) is 2. The summed E-state index contributed by atoms with van der Waals surface area (Å²) in [4.78, 5) is 13.0. The molecule has 0 spiro atoms. The molecular weight excluding hydrogens is 166 g/mol. The first-order chi connectivity index (χ1) is 6.15. The molecule has 0 saturated carbocycles. The second-order valence-electron chi connectivity index (χ2n) is 3.81. The maximum Gasteiger partial charge on any atom is 0.234 e. The minimum absolute atomic E-state index is 0.122. The molecule has 2 atom stereocenters. The lowest BCUT2D eigenvalue weighted by Crippen LogP contribution is -2.41. The van der Waals surface area contributed by atoms with Gasteiger partial charge in [0.15, 0.2) is 0 Å². The normalized spacial score (nSPS) is 26.2. The van der Waals surface area contributed by atoms with Crippen LogP contribution in [0.2, 0.25) is 0 Å². The van der Waals surface area contributed by atoms with Gasteiger partial charge in [-0.2, -0.15) is 0 Å². The molecule has 0 aromatic rings. The molecule has 1 heterocycles. The number of hydrogen-bond donors (Lipinski definition) is 2. The van der Waals surface area contributed by atoms with E-state index in [-0.39, 0.29) is 11.9 Å². The van der Waals surface area contributed by atoms with E-state index in [9.17, 15) is 4.79 Å². The number of rotatable bonds is 4. The van der Waals surface area contributed by atoms with Gasteiger partial charge in [-0.3, -0.25) is 9.69 Å². The van der Waals surface area contributed by atoms with Crippen LogP contribution < -0.4 is 11.5 Å². The molecule has 13 heavy (non-hydrogen) atoms. The molecule has 2 unspecified atom stereocenters. The van der Waals surface area contributed by atoms with E-state index in [1.807, 2.05) is 6.92 Å². The van der Waals surface area contributed by atoms with Crippen molar-refractivity contribution in [3.63, 3.8) is 0 Å². The Labute approximate surface area is 79.3 Å². The zero-order valence-electron chi connectivity index (χ0n) is 8.20. The van der Waals surface area contributed by atoms with Crippen LogP contribution in [-0.2, 0) is 4.79 Å². The molecule has 0 aliphatic carbocycles. The van der Waals surface area contributed by atoms with Gasteiger partial charge in [-0.15, -0.1) is 0 Å². The first-order valence-corrected chi connectivity index (χ1v) is 4.88. The van der Waals surface area contributed by atoms with E-state index in [2.05, 4.69) is 4.90 Å². The van der Waals surface area contributed by atoms with Crippen molar-refractivity contribution in [1.82, 2.24) is 4.90 Å². The zero-order valence-corrected chi connectivity index (χ0v) is 8.20. The first kappa shape index (κ1) is 10.5. The van der Waals surface area contributed by atoms with Crippen molar-refractivity contribution in [1.29, 1.82) is 0 Å². The van der Waals surface area contributed by atoms with Crippen molar-refractivity contribution in [2.75, 3.05) is 19.6 Å². The summed E-state index contributed by atoms with van der Waals surface area (Å²) in [7, 11) is 0. The first-order valence-electron chi connectivity index (χ1n) is 4.88. The standard InChI is InChI=1S/C9H19N3O/c1-7(9(11)13)12-5-3-8(6-12)2-4-10/h7-8H,2-6,10H2,1H3,(H2,11,13). The van der Waals surface area contributed by atoms with Gasteiger partial charge in [-0.25, -0.2) is 0 Å². The molecule has 1 amide bonds.